The van der Waals surface area contributed by atoms with Gasteiger partial charge in [0, 0.05) is 19.7 Å². The van der Waals surface area contributed by atoms with Gasteiger partial charge in [0.25, 0.3) is 15.9 Å². The first kappa shape index (κ1) is 34.2. The molecule has 1 aliphatic rings. The quantitative estimate of drug-likeness (QED) is 0.210. The lowest BCUT2D eigenvalue weighted by Gasteiger charge is -2.23. The van der Waals surface area contributed by atoms with E-state index in [4.69, 9.17) is 23.7 Å². The van der Waals surface area contributed by atoms with Gasteiger partial charge in [0.05, 0.1) is 18.6 Å². The van der Waals surface area contributed by atoms with Crippen LogP contribution in [-0.4, -0.2) is 83.7 Å². The van der Waals surface area contributed by atoms with E-state index in [1.165, 1.54) is 7.11 Å². The first-order valence-electron chi connectivity index (χ1n) is 15.1. The van der Waals surface area contributed by atoms with E-state index >= 15 is 0 Å². The van der Waals surface area contributed by atoms with Crippen LogP contribution in [0.25, 0.3) is 0 Å². The van der Waals surface area contributed by atoms with Crippen molar-refractivity contribution in [2.45, 2.75) is 56.6 Å². The zero-order chi connectivity index (χ0) is 32.5. The third-order valence-electron chi connectivity index (χ3n) is 6.98. The van der Waals surface area contributed by atoms with Crippen LogP contribution in [0.1, 0.15) is 45.6 Å². The summed E-state index contributed by atoms with van der Waals surface area (Å²) < 4.78 is 59.3. The number of benzene rings is 2. The molecule has 12 nitrogen and oxygen atoms in total. The lowest BCUT2D eigenvalue weighted by Crippen LogP contribution is -2.24. The van der Waals surface area contributed by atoms with E-state index in [9.17, 15) is 8.42 Å². The largest absolute Gasteiger partial charge is 0.493 e. The maximum absolute atomic E-state index is 13.7. The van der Waals surface area contributed by atoms with Crippen LogP contribution in [-0.2, 0) is 24.9 Å². The smallest absolute Gasteiger partial charge is 0.265 e. The number of para-hydroxylation sites is 2. The molecular weight excluding hydrogens is 598 g/mol. The summed E-state index contributed by atoms with van der Waals surface area (Å²) in [6, 6.07) is 13.7. The maximum atomic E-state index is 13.7. The second kappa shape index (κ2) is 15.6. The molecule has 13 heteroatoms. The Kier molecular flexibility index (Phi) is 11.8. The first-order valence-corrected chi connectivity index (χ1v) is 16.6. The standard InChI is InChI=1S/C32H45N5O7S/c1-32(2,3)23-14-16-24(17-15-23)45(38,39)36-29-28(44-26-12-8-7-11-25(26)40-6)30(35-31(34-29)33-18-19-37(4)5)43-22-21-42-27-13-9-10-20-41-27/h7-8,11-12,14-17,27H,9-10,13,18-22H2,1-6H3,(H2,33,34,35,36). The number of rotatable bonds is 15. The predicted molar refractivity (Wildman–Crippen MR) is 173 cm³/mol. The van der Waals surface area contributed by atoms with E-state index in [0.29, 0.717) is 31.2 Å². The number of ether oxygens (including phenoxy) is 5. The highest BCUT2D eigenvalue weighted by Gasteiger charge is 2.26. The van der Waals surface area contributed by atoms with E-state index < -0.39 is 10.0 Å². The molecule has 1 aliphatic heterocycles. The molecule has 0 spiro atoms. The highest BCUT2D eigenvalue weighted by atomic mass is 32.2. The molecule has 0 bridgehead atoms. The van der Waals surface area contributed by atoms with E-state index in [0.717, 1.165) is 24.8 Å². The van der Waals surface area contributed by atoms with E-state index in [1.807, 2.05) is 19.0 Å². The summed E-state index contributed by atoms with van der Waals surface area (Å²) in [5.74, 6) is 0.814. The topological polar surface area (TPSA) is 133 Å². The number of nitrogens with one attached hydrogen (secondary N) is 2. The Morgan fingerprint density at radius 1 is 1.00 bits per heavy atom. The van der Waals surface area contributed by atoms with Gasteiger partial charge in [-0.25, -0.2) is 8.42 Å². The Morgan fingerprint density at radius 3 is 2.38 bits per heavy atom. The Balaban J connectivity index is 1.70. The number of methoxy groups -OCH3 is 1. The number of aromatic nitrogens is 2. The Morgan fingerprint density at radius 2 is 1.73 bits per heavy atom. The van der Waals surface area contributed by atoms with Gasteiger partial charge in [-0.1, -0.05) is 45.0 Å². The number of anilines is 2. The molecule has 1 saturated heterocycles. The van der Waals surface area contributed by atoms with Crippen LogP contribution in [0, 0.1) is 0 Å². The average molecular weight is 644 g/mol. The molecule has 3 aromatic rings. The Hall–Kier alpha value is -3.65. The third-order valence-corrected chi connectivity index (χ3v) is 8.34. The molecule has 2 heterocycles. The summed E-state index contributed by atoms with van der Waals surface area (Å²) in [6.45, 7) is 8.39. The first-order chi connectivity index (χ1) is 21.5. The predicted octanol–water partition coefficient (Wildman–Crippen LogP) is 5.27. The van der Waals surface area contributed by atoms with Gasteiger partial charge < -0.3 is 33.9 Å². The van der Waals surface area contributed by atoms with Gasteiger partial charge >= 0.3 is 0 Å². The maximum Gasteiger partial charge on any atom is 0.265 e. The zero-order valence-corrected chi connectivity index (χ0v) is 27.8. The molecule has 45 heavy (non-hydrogen) atoms. The number of hydrogen-bond donors (Lipinski definition) is 2. The summed E-state index contributed by atoms with van der Waals surface area (Å²) in [4.78, 5) is 11.2. The fourth-order valence-electron chi connectivity index (χ4n) is 4.45. The van der Waals surface area contributed by atoms with Crippen molar-refractivity contribution < 1.29 is 32.1 Å². The van der Waals surface area contributed by atoms with Crippen LogP contribution >= 0.6 is 0 Å². The van der Waals surface area contributed by atoms with Crippen LogP contribution in [0.5, 0.6) is 23.1 Å². The van der Waals surface area contributed by atoms with Crippen molar-refractivity contribution in [2.24, 2.45) is 0 Å². The van der Waals surface area contributed by atoms with Gasteiger partial charge in [0.2, 0.25) is 11.7 Å². The second-order valence-corrected chi connectivity index (χ2v) is 13.6. The van der Waals surface area contributed by atoms with Crippen molar-refractivity contribution in [3.63, 3.8) is 0 Å². The SMILES string of the molecule is COc1ccccc1Oc1c(NS(=O)(=O)c2ccc(C(C)(C)C)cc2)nc(NCCN(C)C)nc1OCCOC1CCCCO1. The van der Waals surface area contributed by atoms with Gasteiger partial charge in [-0.2, -0.15) is 9.97 Å². The summed E-state index contributed by atoms with van der Waals surface area (Å²) >= 11 is 0. The van der Waals surface area contributed by atoms with Crippen molar-refractivity contribution in [2.75, 3.05) is 64.2 Å². The van der Waals surface area contributed by atoms with Gasteiger partial charge in [0.1, 0.15) is 6.61 Å². The minimum atomic E-state index is -4.10. The lowest BCUT2D eigenvalue weighted by molar-refractivity contribution is -0.165. The average Bonchev–Trinajstić information content (AvgIpc) is 3.01. The van der Waals surface area contributed by atoms with Gasteiger partial charge in [0.15, 0.2) is 23.6 Å². The zero-order valence-electron chi connectivity index (χ0n) is 27.0. The molecule has 1 fully saturated rings. The molecule has 4 rings (SSSR count). The summed E-state index contributed by atoms with van der Waals surface area (Å²) in [5.41, 5.74) is 0.872. The normalized spacial score (nSPS) is 15.5. The molecule has 0 amide bonds. The number of sulfonamides is 1. The monoisotopic (exact) mass is 643 g/mol. The summed E-state index contributed by atoms with van der Waals surface area (Å²) in [5, 5.41) is 3.15. The molecular formula is C32H45N5O7S. The van der Waals surface area contributed by atoms with E-state index in [2.05, 4.69) is 40.8 Å². The van der Waals surface area contributed by atoms with Crippen molar-refractivity contribution in [3.8, 4) is 23.1 Å². The van der Waals surface area contributed by atoms with Crippen LogP contribution in [0.4, 0.5) is 11.8 Å². The molecule has 2 aromatic carbocycles. The van der Waals surface area contributed by atoms with Gasteiger partial charge in [-0.05, 0) is 68.6 Å². The molecule has 0 radical (unpaired) electrons. The van der Waals surface area contributed by atoms with E-state index in [1.54, 1.807) is 48.5 Å². The number of likely N-dealkylation sites (N-methyl/N-ethyl adjacent to an activating group) is 1. The fraction of sp³-hybridized carbons (Fsp3) is 0.500. The number of nitrogens with zero attached hydrogens (tertiary/aromatic N) is 3. The van der Waals surface area contributed by atoms with E-state index in [-0.39, 0.29) is 53.2 Å². The molecule has 0 aliphatic carbocycles. The van der Waals surface area contributed by atoms with Crippen molar-refractivity contribution >= 4 is 21.8 Å². The van der Waals surface area contributed by atoms with Crippen LogP contribution in [0.15, 0.2) is 53.4 Å². The minimum absolute atomic E-state index is 0.0252. The molecule has 1 unspecified atom stereocenters. The minimum Gasteiger partial charge on any atom is -0.493 e. The highest BCUT2D eigenvalue weighted by molar-refractivity contribution is 7.92. The van der Waals surface area contributed by atoms with Gasteiger partial charge in [-0.15, -0.1) is 0 Å². The van der Waals surface area contributed by atoms with Crippen molar-refractivity contribution in [1.82, 2.24) is 14.9 Å². The summed E-state index contributed by atoms with van der Waals surface area (Å²) in [7, 11) is 1.31. The van der Waals surface area contributed by atoms with Crippen molar-refractivity contribution in [1.29, 1.82) is 0 Å². The summed E-state index contributed by atoms with van der Waals surface area (Å²) in [6.07, 6.45) is 2.59. The van der Waals surface area contributed by atoms with Crippen LogP contribution in [0.3, 0.4) is 0 Å². The molecule has 1 aromatic heterocycles. The third kappa shape index (κ3) is 9.92. The Bertz CT molecular complexity index is 1490. The van der Waals surface area contributed by atoms with Crippen molar-refractivity contribution in [3.05, 3.63) is 54.1 Å². The Labute approximate surface area is 266 Å². The molecule has 0 saturated carbocycles. The lowest BCUT2D eigenvalue weighted by atomic mass is 9.87. The fourth-order valence-corrected chi connectivity index (χ4v) is 5.46. The number of hydrogen-bond acceptors (Lipinski definition) is 11. The second-order valence-electron chi connectivity index (χ2n) is 11.9. The molecule has 2 N–H and O–H groups in total. The molecule has 246 valence electrons. The van der Waals surface area contributed by atoms with Crippen LogP contribution < -0.4 is 24.2 Å². The highest BCUT2D eigenvalue weighted by Crippen LogP contribution is 2.41. The van der Waals surface area contributed by atoms with Crippen LogP contribution in [0.2, 0.25) is 0 Å². The van der Waals surface area contributed by atoms with Gasteiger partial charge in [-0.3, -0.25) is 4.72 Å². The molecule has 1 atom stereocenters.